The molecule has 150 valence electrons. The molecule has 3 rings (SSSR count). The van der Waals surface area contributed by atoms with Crippen molar-refractivity contribution in [2.24, 2.45) is 5.92 Å². The first-order chi connectivity index (χ1) is 13.6. The molecule has 6 nitrogen and oxygen atoms in total. The Morgan fingerprint density at radius 1 is 1.21 bits per heavy atom. The molecular weight excluding hydrogens is 354 g/mol. The molecule has 1 saturated heterocycles. The van der Waals surface area contributed by atoms with Crippen LogP contribution in [0.2, 0.25) is 0 Å². The molecule has 0 unspecified atom stereocenters. The smallest absolute Gasteiger partial charge is 0.251 e. The van der Waals surface area contributed by atoms with Crippen molar-refractivity contribution in [2.75, 3.05) is 32.8 Å². The van der Waals surface area contributed by atoms with E-state index in [-0.39, 0.29) is 5.91 Å². The van der Waals surface area contributed by atoms with Crippen LogP contribution in [0.1, 0.15) is 29.8 Å². The Morgan fingerprint density at radius 2 is 1.96 bits per heavy atom. The number of hydrogen-bond donors (Lipinski definition) is 1. The van der Waals surface area contributed by atoms with Gasteiger partial charge in [-0.25, -0.2) is 0 Å². The van der Waals surface area contributed by atoms with Crippen molar-refractivity contribution in [3.05, 3.63) is 59.9 Å². The SMILES string of the molecule is CC(C)[C@H](CNC(=O)c1ccc(OCc2cccnc2)cc1)N1CCOCC1. The molecule has 1 atom stereocenters. The molecule has 0 spiro atoms. The Morgan fingerprint density at radius 3 is 2.61 bits per heavy atom. The molecule has 1 aliphatic heterocycles. The fraction of sp³-hybridized carbons (Fsp3) is 0.455. The third-order valence-corrected chi connectivity index (χ3v) is 5.00. The molecular formula is C22H29N3O3. The summed E-state index contributed by atoms with van der Waals surface area (Å²) in [6.07, 6.45) is 3.52. The molecule has 1 fully saturated rings. The fourth-order valence-corrected chi connectivity index (χ4v) is 3.35. The number of ether oxygens (including phenoxy) is 2. The molecule has 2 heterocycles. The maximum absolute atomic E-state index is 12.5. The van der Waals surface area contributed by atoms with E-state index in [1.165, 1.54) is 0 Å². The van der Waals surface area contributed by atoms with E-state index >= 15 is 0 Å². The molecule has 28 heavy (non-hydrogen) atoms. The number of carbonyl (C=O) groups is 1. The summed E-state index contributed by atoms with van der Waals surface area (Å²) in [5.74, 6) is 1.13. The van der Waals surface area contributed by atoms with Crippen LogP contribution < -0.4 is 10.1 Å². The number of aromatic nitrogens is 1. The standard InChI is InChI=1S/C22H29N3O3/c1-17(2)21(25-10-12-27-13-11-25)15-24-22(26)19-5-7-20(8-6-19)28-16-18-4-3-9-23-14-18/h3-9,14,17,21H,10-13,15-16H2,1-2H3,(H,24,26)/t21-/m0/s1. The third-order valence-electron chi connectivity index (χ3n) is 5.00. The molecule has 0 aliphatic carbocycles. The van der Waals surface area contributed by atoms with Gasteiger partial charge in [0.05, 0.1) is 13.2 Å². The monoisotopic (exact) mass is 383 g/mol. The van der Waals surface area contributed by atoms with Crippen molar-refractivity contribution in [3.8, 4) is 5.75 Å². The lowest BCUT2D eigenvalue weighted by molar-refractivity contribution is 0.00673. The van der Waals surface area contributed by atoms with Crippen molar-refractivity contribution in [3.63, 3.8) is 0 Å². The number of benzene rings is 1. The third kappa shape index (κ3) is 5.78. The second kappa shape index (κ2) is 10.2. The van der Waals surface area contributed by atoms with Crippen LogP contribution in [0, 0.1) is 5.92 Å². The molecule has 1 aromatic carbocycles. The predicted molar refractivity (Wildman–Crippen MR) is 108 cm³/mol. The number of nitrogens with zero attached hydrogens (tertiary/aromatic N) is 2. The van der Waals surface area contributed by atoms with Gasteiger partial charge < -0.3 is 14.8 Å². The Bertz CT molecular complexity index is 728. The van der Waals surface area contributed by atoms with Crippen molar-refractivity contribution in [1.82, 2.24) is 15.2 Å². The minimum absolute atomic E-state index is 0.0577. The van der Waals surface area contributed by atoms with Crippen LogP contribution in [0.5, 0.6) is 5.75 Å². The Kier molecular flexibility index (Phi) is 7.39. The van der Waals surface area contributed by atoms with Crippen LogP contribution in [0.25, 0.3) is 0 Å². The number of carbonyl (C=O) groups excluding carboxylic acids is 1. The number of rotatable bonds is 8. The van der Waals surface area contributed by atoms with E-state index < -0.39 is 0 Å². The Hall–Kier alpha value is -2.44. The van der Waals surface area contributed by atoms with E-state index in [1.807, 2.05) is 24.3 Å². The minimum atomic E-state index is -0.0577. The number of amides is 1. The average molecular weight is 383 g/mol. The highest BCUT2D eigenvalue weighted by molar-refractivity contribution is 5.94. The number of morpholine rings is 1. The zero-order valence-electron chi connectivity index (χ0n) is 16.6. The zero-order valence-corrected chi connectivity index (χ0v) is 16.6. The molecule has 1 N–H and O–H groups in total. The molecule has 1 aliphatic rings. The topological polar surface area (TPSA) is 63.7 Å². The second-order valence-corrected chi connectivity index (χ2v) is 7.34. The highest BCUT2D eigenvalue weighted by atomic mass is 16.5. The first kappa shape index (κ1) is 20.3. The molecule has 0 bridgehead atoms. The van der Waals surface area contributed by atoms with Gasteiger partial charge in [-0.1, -0.05) is 19.9 Å². The summed E-state index contributed by atoms with van der Waals surface area (Å²) >= 11 is 0. The quantitative estimate of drug-likeness (QED) is 0.759. The molecule has 0 radical (unpaired) electrons. The van der Waals surface area contributed by atoms with Gasteiger partial charge in [0.2, 0.25) is 0 Å². The first-order valence-electron chi connectivity index (χ1n) is 9.85. The molecule has 1 aromatic heterocycles. The summed E-state index contributed by atoms with van der Waals surface area (Å²) in [5.41, 5.74) is 1.64. The van der Waals surface area contributed by atoms with Gasteiger partial charge in [0.15, 0.2) is 0 Å². The lowest BCUT2D eigenvalue weighted by Gasteiger charge is -2.36. The zero-order chi connectivity index (χ0) is 19.8. The minimum Gasteiger partial charge on any atom is -0.489 e. The van der Waals surface area contributed by atoms with E-state index in [0.29, 0.717) is 30.7 Å². The van der Waals surface area contributed by atoms with Gasteiger partial charge in [-0.05, 0) is 36.2 Å². The maximum Gasteiger partial charge on any atom is 0.251 e. The molecule has 2 aromatic rings. The number of nitrogens with one attached hydrogen (secondary N) is 1. The van der Waals surface area contributed by atoms with Gasteiger partial charge in [0.25, 0.3) is 5.91 Å². The molecule has 1 amide bonds. The van der Waals surface area contributed by atoms with Crippen LogP contribution in [0.4, 0.5) is 0 Å². The van der Waals surface area contributed by atoms with Crippen LogP contribution in [0.15, 0.2) is 48.8 Å². The lowest BCUT2D eigenvalue weighted by Crippen LogP contribution is -2.51. The number of hydrogen-bond acceptors (Lipinski definition) is 5. The maximum atomic E-state index is 12.5. The first-order valence-corrected chi connectivity index (χ1v) is 9.85. The van der Waals surface area contributed by atoms with Crippen LogP contribution in [-0.4, -0.2) is 54.7 Å². The molecule has 6 heteroatoms. The van der Waals surface area contributed by atoms with E-state index in [4.69, 9.17) is 9.47 Å². The van der Waals surface area contributed by atoms with Gasteiger partial charge in [0, 0.05) is 49.2 Å². The molecule has 0 saturated carbocycles. The Labute approximate surface area is 166 Å². The van der Waals surface area contributed by atoms with Crippen molar-refractivity contribution >= 4 is 5.91 Å². The van der Waals surface area contributed by atoms with E-state index in [9.17, 15) is 4.79 Å². The van der Waals surface area contributed by atoms with Gasteiger partial charge >= 0.3 is 0 Å². The van der Waals surface area contributed by atoms with Crippen LogP contribution >= 0.6 is 0 Å². The van der Waals surface area contributed by atoms with Gasteiger partial charge in [-0.3, -0.25) is 14.7 Å². The fourth-order valence-electron chi connectivity index (χ4n) is 3.35. The average Bonchev–Trinajstić information content (AvgIpc) is 2.74. The van der Waals surface area contributed by atoms with Crippen molar-refractivity contribution in [1.29, 1.82) is 0 Å². The summed E-state index contributed by atoms with van der Waals surface area (Å²) < 4.78 is 11.2. The van der Waals surface area contributed by atoms with Gasteiger partial charge in [-0.2, -0.15) is 0 Å². The Balaban J connectivity index is 1.50. The summed E-state index contributed by atoms with van der Waals surface area (Å²) in [6, 6.07) is 11.4. The summed E-state index contributed by atoms with van der Waals surface area (Å²) in [4.78, 5) is 19.0. The highest BCUT2D eigenvalue weighted by Gasteiger charge is 2.24. The van der Waals surface area contributed by atoms with Crippen molar-refractivity contribution < 1.29 is 14.3 Å². The number of pyridine rings is 1. The van der Waals surface area contributed by atoms with E-state index in [0.717, 1.165) is 37.6 Å². The summed E-state index contributed by atoms with van der Waals surface area (Å²) in [5, 5.41) is 3.08. The predicted octanol–water partition coefficient (Wildman–Crippen LogP) is 2.75. The summed E-state index contributed by atoms with van der Waals surface area (Å²) in [6.45, 7) is 8.84. The van der Waals surface area contributed by atoms with Crippen molar-refractivity contribution in [2.45, 2.75) is 26.5 Å². The summed E-state index contributed by atoms with van der Waals surface area (Å²) in [7, 11) is 0. The lowest BCUT2D eigenvalue weighted by atomic mass is 10.0. The second-order valence-electron chi connectivity index (χ2n) is 7.34. The van der Waals surface area contributed by atoms with E-state index in [2.05, 4.69) is 29.0 Å². The van der Waals surface area contributed by atoms with Crippen LogP contribution in [-0.2, 0) is 11.3 Å². The largest absolute Gasteiger partial charge is 0.489 e. The highest BCUT2D eigenvalue weighted by Crippen LogP contribution is 2.15. The van der Waals surface area contributed by atoms with Gasteiger partial charge in [0.1, 0.15) is 12.4 Å². The van der Waals surface area contributed by atoms with E-state index in [1.54, 1.807) is 24.5 Å². The van der Waals surface area contributed by atoms with Crippen LogP contribution in [0.3, 0.4) is 0 Å². The van der Waals surface area contributed by atoms with Gasteiger partial charge in [-0.15, -0.1) is 0 Å². The normalized spacial score (nSPS) is 16.0.